The molecule has 2 aromatic rings. The fourth-order valence-corrected chi connectivity index (χ4v) is 3.09. The number of benzene rings is 2. The van der Waals surface area contributed by atoms with E-state index < -0.39 is 23.9 Å². The predicted molar refractivity (Wildman–Crippen MR) is 87.9 cm³/mol. The third kappa shape index (κ3) is 3.95. The Bertz CT molecular complexity index is 759. The summed E-state index contributed by atoms with van der Waals surface area (Å²) in [4.78, 5) is 13.2. The lowest BCUT2D eigenvalue weighted by Crippen LogP contribution is -2.41. The molecular formula is C19H18F3NO2. The largest absolute Gasteiger partial charge is 0.442 e. The number of aryl methyl sites for hydroxylation is 1. The van der Waals surface area contributed by atoms with Crippen molar-refractivity contribution in [3.63, 3.8) is 0 Å². The van der Waals surface area contributed by atoms with Crippen LogP contribution in [0, 0.1) is 0 Å². The van der Waals surface area contributed by atoms with Crippen LogP contribution in [0.25, 0.3) is 0 Å². The summed E-state index contributed by atoms with van der Waals surface area (Å²) < 4.78 is 44.7. The monoisotopic (exact) mass is 349 g/mol. The van der Waals surface area contributed by atoms with Gasteiger partial charge in [-0.05, 0) is 29.7 Å². The molecule has 1 aliphatic rings. The zero-order valence-electron chi connectivity index (χ0n) is 13.7. The Morgan fingerprint density at radius 3 is 2.56 bits per heavy atom. The highest BCUT2D eigenvalue weighted by Crippen LogP contribution is 2.38. The van der Waals surface area contributed by atoms with Crippen LogP contribution in [-0.2, 0) is 28.7 Å². The van der Waals surface area contributed by atoms with Crippen molar-refractivity contribution < 1.29 is 22.7 Å². The van der Waals surface area contributed by atoms with Gasteiger partial charge in [0.15, 0.2) is 6.23 Å². The molecule has 0 saturated heterocycles. The van der Waals surface area contributed by atoms with Crippen LogP contribution >= 0.6 is 0 Å². The van der Waals surface area contributed by atoms with Gasteiger partial charge < -0.3 is 9.64 Å². The van der Waals surface area contributed by atoms with Crippen molar-refractivity contribution in [2.45, 2.75) is 38.7 Å². The van der Waals surface area contributed by atoms with E-state index in [9.17, 15) is 18.0 Å². The van der Waals surface area contributed by atoms with E-state index in [1.165, 1.54) is 13.0 Å². The maximum atomic E-state index is 13.1. The number of halogens is 3. The number of alkyl halides is 3. The predicted octanol–water partition coefficient (Wildman–Crippen LogP) is 4.55. The molecule has 0 amide bonds. The summed E-state index contributed by atoms with van der Waals surface area (Å²) in [6.07, 6.45) is -3.88. The van der Waals surface area contributed by atoms with Crippen LogP contribution < -0.4 is 4.90 Å². The highest BCUT2D eigenvalue weighted by atomic mass is 19.4. The zero-order valence-corrected chi connectivity index (χ0v) is 13.7. The second-order valence-electron chi connectivity index (χ2n) is 6.06. The fraction of sp³-hybridized carbons (Fsp3) is 0.316. The smallest absolute Gasteiger partial charge is 0.416 e. The number of carbonyl (C=O) groups is 1. The maximum Gasteiger partial charge on any atom is 0.416 e. The van der Waals surface area contributed by atoms with Crippen LogP contribution in [0.1, 0.15) is 30.0 Å². The summed E-state index contributed by atoms with van der Waals surface area (Å²) in [7, 11) is 0. The molecule has 1 aliphatic heterocycles. The number of carbonyl (C=O) groups excluding carboxylic acids is 1. The molecule has 132 valence electrons. The molecule has 0 N–H and O–H groups in total. The van der Waals surface area contributed by atoms with Gasteiger partial charge in [0.1, 0.15) is 0 Å². The summed E-state index contributed by atoms with van der Waals surface area (Å²) >= 11 is 0. The Balaban J connectivity index is 2.01. The highest BCUT2D eigenvalue weighted by molar-refractivity contribution is 5.67. The third-order valence-corrected chi connectivity index (χ3v) is 4.23. The van der Waals surface area contributed by atoms with Crippen molar-refractivity contribution >= 4 is 11.7 Å². The van der Waals surface area contributed by atoms with Gasteiger partial charge in [-0.15, -0.1) is 0 Å². The first-order valence-corrected chi connectivity index (χ1v) is 8.02. The molecule has 3 nitrogen and oxygen atoms in total. The number of ether oxygens (including phenoxy) is 1. The van der Waals surface area contributed by atoms with E-state index in [2.05, 4.69) is 0 Å². The number of anilines is 1. The van der Waals surface area contributed by atoms with E-state index in [-0.39, 0.29) is 0 Å². The van der Waals surface area contributed by atoms with Gasteiger partial charge in [-0.1, -0.05) is 36.4 Å². The Labute approximate surface area is 144 Å². The maximum absolute atomic E-state index is 13.1. The fourth-order valence-electron chi connectivity index (χ4n) is 3.09. The topological polar surface area (TPSA) is 29.5 Å². The standard InChI is InChI=1S/C19H18F3NO2/c1-13(24)25-18-10-8-15-7-9-16(19(20,21)22)11-17(15)23(18)12-14-5-3-2-4-6-14/h2-7,9,11,18H,8,10,12H2,1H3. The normalized spacial score (nSPS) is 17.1. The summed E-state index contributed by atoms with van der Waals surface area (Å²) in [6.45, 7) is 1.68. The number of rotatable bonds is 3. The van der Waals surface area contributed by atoms with Crippen molar-refractivity contribution in [2.75, 3.05) is 4.90 Å². The molecular weight excluding hydrogens is 331 g/mol. The molecule has 2 aromatic carbocycles. The Morgan fingerprint density at radius 1 is 1.20 bits per heavy atom. The lowest BCUT2D eigenvalue weighted by molar-refractivity contribution is -0.147. The SMILES string of the molecule is CC(=O)OC1CCc2ccc(C(F)(F)F)cc2N1Cc1ccccc1. The second kappa shape index (κ2) is 6.78. The summed E-state index contributed by atoms with van der Waals surface area (Å²) in [5.74, 6) is -0.446. The van der Waals surface area contributed by atoms with Gasteiger partial charge in [0.25, 0.3) is 0 Å². The van der Waals surface area contributed by atoms with E-state index in [0.29, 0.717) is 25.1 Å². The molecule has 6 heteroatoms. The number of hydrogen-bond acceptors (Lipinski definition) is 3. The van der Waals surface area contributed by atoms with Crippen molar-refractivity contribution in [3.8, 4) is 0 Å². The van der Waals surface area contributed by atoms with E-state index in [4.69, 9.17) is 4.74 Å². The molecule has 3 rings (SSSR count). The Kier molecular flexibility index (Phi) is 4.70. The van der Waals surface area contributed by atoms with E-state index >= 15 is 0 Å². The molecule has 1 atom stereocenters. The van der Waals surface area contributed by atoms with Gasteiger partial charge in [-0.2, -0.15) is 13.2 Å². The van der Waals surface area contributed by atoms with Crippen molar-refractivity contribution in [1.29, 1.82) is 0 Å². The van der Waals surface area contributed by atoms with Gasteiger partial charge in [0.05, 0.1) is 5.56 Å². The minimum atomic E-state index is -4.41. The van der Waals surface area contributed by atoms with Crippen LogP contribution in [0.5, 0.6) is 0 Å². The molecule has 25 heavy (non-hydrogen) atoms. The van der Waals surface area contributed by atoms with Crippen LogP contribution in [0.3, 0.4) is 0 Å². The van der Waals surface area contributed by atoms with Crippen LogP contribution in [0.2, 0.25) is 0 Å². The Morgan fingerprint density at radius 2 is 1.92 bits per heavy atom. The summed E-state index contributed by atoms with van der Waals surface area (Å²) in [5, 5.41) is 0. The number of nitrogens with zero attached hydrogens (tertiary/aromatic N) is 1. The summed E-state index contributed by atoms with van der Waals surface area (Å²) in [6, 6.07) is 13.2. The third-order valence-electron chi connectivity index (χ3n) is 4.23. The first-order valence-electron chi connectivity index (χ1n) is 8.02. The lowest BCUT2D eigenvalue weighted by Gasteiger charge is -2.38. The minimum Gasteiger partial charge on any atom is -0.442 e. The molecule has 0 bridgehead atoms. The zero-order chi connectivity index (χ0) is 18.0. The van der Waals surface area contributed by atoms with Gasteiger partial charge in [0.2, 0.25) is 0 Å². The number of esters is 1. The van der Waals surface area contributed by atoms with Crippen LogP contribution in [0.4, 0.5) is 18.9 Å². The van der Waals surface area contributed by atoms with E-state index in [1.807, 2.05) is 30.3 Å². The molecule has 0 saturated carbocycles. The van der Waals surface area contributed by atoms with Crippen molar-refractivity contribution in [1.82, 2.24) is 0 Å². The van der Waals surface area contributed by atoms with Crippen LogP contribution in [0.15, 0.2) is 48.5 Å². The first kappa shape index (κ1) is 17.3. The molecule has 0 radical (unpaired) electrons. The number of hydrogen-bond donors (Lipinski definition) is 0. The molecule has 1 heterocycles. The van der Waals surface area contributed by atoms with Crippen molar-refractivity contribution in [2.24, 2.45) is 0 Å². The molecule has 0 aliphatic carbocycles. The molecule has 1 unspecified atom stereocenters. The van der Waals surface area contributed by atoms with E-state index in [1.54, 1.807) is 4.90 Å². The lowest BCUT2D eigenvalue weighted by atomic mass is 9.97. The number of fused-ring (bicyclic) bond motifs is 1. The first-order chi connectivity index (χ1) is 11.8. The molecule has 0 aromatic heterocycles. The molecule has 0 fully saturated rings. The van der Waals surface area contributed by atoms with Crippen molar-refractivity contribution in [3.05, 3.63) is 65.2 Å². The van der Waals surface area contributed by atoms with Crippen LogP contribution in [-0.4, -0.2) is 12.2 Å². The summed E-state index contributed by atoms with van der Waals surface area (Å²) in [5.41, 5.74) is 1.53. The highest BCUT2D eigenvalue weighted by Gasteiger charge is 2.34. The van der Waals surface area contributed by atoms with E-state index in [0.717, 1.165) is 23.3 Å². The van der Waals surface area contributed by atoms with Gasteiger partial charge in [-0.25, -0.2) is 0 Å². The second-order valence-corrected chi connectivity index (χ2v) is 6.06. The van der Waals surface area contributed by atoms with Gasteiger partial charge in [0, 0.05) is 25.6 Å². The minimum absolute atomic E-state index is 0.368. The van der Waals surface area contributed by atoms with Gasteiger partial charge in [-0.3, -0.25) is 4.79 Å². The van der Waals surface area contributed by atoms with Gasteiger partial charge >= 0.3 is 12.1 Å². The molecule has 0 spiro atoms. The average Bonchev–Trinajstić information content (AvgIpc) is 2.56. The average molecular weight is 349 g/mol. The quantitative estimate of drug-likeness (QED) is 0.762. The Hall–Kier alpha value is -2.50.